The van der Waals surface area contributed by atoms with Crippen LogP contribution in [0.3, 0.4) is 0 Å². The van der Waals surface area contributed by atoms with Crippen LogP contribution in [-0.4, -0.2) is 52.2 Å². The van der Waals surface area contributed by atoms with Crippen LogP contribution in [-0.2, 0) is 11.2 Å². The van der Waals surface area contributed by atoms with Gasteiger partial charge in [-0.05, 0) is 24.6 Å². The van der Waals surface area contributed by atoms with E-state index < -0.39 is 0 Å². The highest BCUT2D eigenvalue weighted by atomic mass is 16.2. The van der Waals surface area contributed by atoms with E-state index in [1.165, 1.54) is 11.3 Å². The second-order valence-electron chi connectivity index (χ2n) is 5.52. The van der Waals surface area contributed by atoms with E-state index in [2.05, 4.69) is 51.3 Å². The molecular weight excluding hydrogens is 280 g/mol. The highest BCUT2D eigenvalue weighted by molar-refractivity contribution is 5.78. The van der Waals surface area contributed by atoms with E-state index in [0.717, 1.165) is 26.2 Å². The molecular formula is C15H20N6O. The van der Waals surface area contributed by atoms with Gasteiger partial charge in [-0.3, -0.25) is 9.89 Å². The summed E-state index contributed by atoms with van der Waals surface area (Å²) in [5.74, 6) is 0.746. The summed E-state index contributed by atoms with van der Waals surface area (Å²) < 4.78 is 0. The smallest absolute Gasteiger partial charge is 0.239 e. The Morgan fingerprint density at radius 1 is 1.32 bits per heavy atom. The summed E-state index contributed by atoms with van der Waals surface area (Å²) in [6.07, 6.45) is 0.217. The first kappa shape index (κ1) is 14.4. The number of carbonyl (C=O) groups is 1. The van der Waals surface area contributed by atoms with Gasteiger partial charge in [0.25, 0.3) is 0 Å². The third-order valence-electron chi connectivity index (χ3n) is 3.87. The van der Waals surface area contributed by atoms with Gasteiger partial charge in [0.1, 0.15) is 5.82 Å². The molecule has 0 atom stereocenters. The van der Waals surface area contributed by atoms with Gasteiger partial charge < -0.3 is 15.5 Å². The minimum absolute atomic E-state index is 0.0556. The molecule has 7 nitrogen and oxygen atoms in total. The number of aromatic nitrogens is 3. The summed E-state index contributed by atoms with van der Waals surface area (Å²) in [4.78, 5) is 20.4. The molecule has 3 rings (SSSR count). The number of amides is 1. The van der Waals surface area contributed by atoms with E-state index in [-0.39, 0.29) is 18.3 Å². The van der Waals surface area contributed by atoms with Crippen molar-refractivity contribution >= 4 is 17.5 Å². The van der Waals surface area contributed by atoms with E-state index in [1.54, 1.807) is 0 Å². The third-order valence-corrected chi connectivity index (χ3v) is 3.87. The van der Waals surface area contributed by atoms with Crippen molar-refractivity contribution in [2.24, 2.45) is 0 Å². The molecule has 116 valence electrons. The molecule has 1 aliphatic rings. The molecule has 1 amide bonds. The van der Waals surface area contributed by atoms with Gasteiger partial charge in [0.15, 0.2) is 0 Å². The van der Waals surface area contributed by atoms with Gasteiger partial charge in [-0.25, -0.2) is 0 Å². The lowest BCUT2D eigenvalue weighted by Gasteiger charge is -2.36. The zero-order valence-corrected chi connectivity index (χ0v) is 12.6. The number of nitrogen functional groups attached to an aromatic ring is 1. The van der Waals surface area contributed by atoms with Gasteiger partial charge in [-0.2, -0.15) is 4.98 Å². The van der Waals surface area contributed by atoms with Crippen molar-refractivity contribution in [1.29, 1.82) is 0 Å². The number of aryl methyl sites for hydroxylation is 1. The lowest BCUT2D eigenvalue weighted by Crippen LogP contribution is -2.49. The number of H-pyrrole nitrogens is 1. The van der Waals surface area contributed by atoms with Gasteiger partial charge in [0.2, 0.25) is 11.9 Å². The summed E-state index contributed by atoms with van der Waals surface area (Å²) in [6, 6.07) is 8.44. The molecule has 2 aromatic rings. The van der Waals surface area contributed by atoms with Crippen molar-refractivity contribution < 1.29 is 4.79 Å². The molecule has 1 aliphatic heterocycles. The van der Waals surface area contributed by atoms with E-state index in [4.69, 9.17) is 5.73 Å². The van der Waals surface area contributed by atoms with Gasteiger partial charge in [0, 0.05) is 31.9 Å². The van der Waals surface area contributed by atoms with Crippen LogP contribution in [0.2, 0.25) is 0 Å². The molecule has 3 N–H and O–H groups in total. The fourth-order valence-electron chi connectivity index (χ4n) is 2.68. The van der Waals surface area contributed by atoms with Crippen molar-refractivity contribution in [3.05, 3.63) is 35.7 Å². The maximum atomic E-state index is 12.3. The standard InChI is InChI=1S/C15H20N6O/c1-11-3-2-4-12(9-11)20-5-7-21(8-6-20)14(22)10-13-17-15(16)19-18-13/h2-4,9H,5-8,10H2,1H3,(H3,16,17,18,19). The second kappa shape index (κ2) is 6.05. The summed E-state index contributed by atoms with van der Waals surface area (Å²) >= 11 is 0. The van der Waals surface area contributed by atoms with Crippen LogP contribution in [0.1, 0.15) is 11.4 Å². The number of aromatic amines is 1. The number of nitrogens with one attached hydrogen (secondary N) is 1. The van der Waals surface area contributed by atoms with Crippen LogP contribution in [0.25, 0.3) is 0 Å². The first-order valence-corrected chi connectivity index (χ1v) is 7.38. The lowest BCUT2D eigenvalue weighted by molar-refractivity contribution is -0.130. The Bertz CT molecular complexity index is 660. The minimum Gasteiger partial charge on any atom is -0.368 e. The number of anilines is 2. The maximum Gasteiger partial charge on any atom is 0.239 e. The quantitative estimate of drug-likeness (QED) is 0.865. The van der Waals surface area contributed by atoms with E-state index >= 15 is 0 Å². The average molecular weight is 300 g/mol. The molecule has 1 aromatic carbocycles. The predicted octanol–water partition coefficient (Wildman–Crippen LogP) is 0.587. The summed E-state index contributed by atoms with van der Waals surface area (Å²) in [5, 5.41) is 6.41. The Labute approximate surface area is 129 Å². The van der Waals surface area contributed by atoms with Crippen LogP contribution in [0.5, 0.6) is 0 Å². The Balaban J connectivity index is 1.56. The molecule has 0 radical (unpaired) electrons. The van der Waals surface area contributed by atoms with Crippen LogP contribution in [0, 0.1) is 6.92 Å². The Kier molecular flexibility index (Phi) is 3.95. The molecule has 0 saturated carbocycles. The van der Waals surface area contributed by atoms with Crippen LogP contribution in [0.15, 0.2) is 24.3 Å². The zero-order valence-electron chi connectivity index (χ0n) is 12.6. The summed E-state index contributed by atoms with van der Waals surface area (Å²) in [7, 11) is 0. The molecule has 22 heavy (non-hydrogen) atoms. The highest BCUT2D eigenvalue weighted by Gasteiger charge is 2.22. The van der Waals surface area contributed by atoms with E-state index in [0.29, 0.717) is 5.82 Å². The molecule has 2 heterocycles. The van der Waals surface area contributed by atoms with Gasteiger partial charge in [-0.1, -0.05) is 12.1 Å². The largest absolute Gasteiger partial charge is 0.368 e. The average Bonchev–Trinajstić information content (AvgIpc) is 2.92. The van der Waals surface area contributed by atoms with Crippen molar-refractivity contribution in [1.82, 2.24) is 20.1 Å². The fraction of sp³-hybridized carbons (Fsp3) is 0.400. The van der Waals surface area contributed by atoms with E-state index in [1.807, 2.05) is 4.90 Å². The number of hydrogen-bond acceptors (Lipinski definition) is 5. The number of carbonyl (C=O) groups excluding carboxylic acids is 1. The van der Waals surface area contributed by atoms with Crippen LogP contribution < -0.4 is 10.6 Å². The summed E-state index contributed by atoms with van der Waals surface area (Å²) in [6.45, 7) is 5.21. The Morgan fingerprint density at radius 2 is 2.09 bits per heavy atom. The minimum atomic E-state index is 0.0556. The van der Waals surface area contributed by atoms with Crippen molar-refractivity contribution in [2.45, 2.75) is 13.3 Å². The number of rotatable bonds is 3. The first-order chi connectivity index (χ1) is 10.6. The monoisotopic (exact) mass is 300 g/mol. The number of piperazine rings is 1. The van der Waals surface area contributed by atoms with Gasteiger partial charge in [-0.15, -0.1) is 5.10 Å². The molecule has 1 saturated heterocycles. The molecule has 0 bridgehead atoms. The molecule has 0 unspecified atom stereocenters. The SMILES string of the molecule is Cc1cccc(N2CCN(C(=O)Cc3nc(N)n[nH]3)CC2)c1. The maximum absolute atomic E-state index is 12.3. The van der Waals surface area contributed by atoms with Gasteiger partial charge >= 0.3 is 0 Å². The number of hydrogen-bond donors (Lipinski definition) is 2. The highest BCUT2D eigenvalue weighted by Crippen LogP contribution is 2.18. The van der Waals surface area contributed by atoms with E-state index in [9.17, 15) is 4.79 Å². The second-order valence-corrected chi connectivity index (χ2v) is 5.52. The topological polar surface area (TPSA) is 91.1 Å². The number of nitrogens with zero attached hydrogens (tertiary/aromatic N) is 4. The Morgan fingerprint density at radius 3 is 2.73 bits per heavy atom. The fourth-order valence-corrected chi connectivity index (χ4v) is 2.68. The number of benzene rings is 1. The molecule has 1 aromatic heterocycles. The molecule has 1 fully saturated rings. The van der Waals surface area contributed by atoms with Crippen LogP contribution in [0.4, 0.5) is 11.6 Å². The van der Waals surface area contributed by atoms with Crippen LogP contribution >= 0.6 is 0 Å². The predicted molar refractivity (Wildman–Crippen MR) is 84.5 cm³/mol. The van der Waals surface area contributed by atoms with Gasteiger partial charge in [0.05, 0.1) is 6.42 Å². The Hall–Kier alpha value is -2.57. The van der Waals surface area contributed by atoms with Crippen molar-refractivity contribution in [2.75, 3.05) is 36.8 Å². The lowest BCUT2D eigenvalue weighted by atomic mass is 10.2. The first-order valence-electron chi connectivity index (χ1n) is 7.38. The van der Waals surface area contributed by atoms with Crippen molar-refractivity contribution in [3.8, 4) is 0 Å². The molecule has 0 spiro atoms. The molecule has 7 heteroatoms. The summed E-state index contributed by atoms with van der Waals surface area (Å²) in [5.41, 5.74) is 7.91. The third kappa shape index (κ3) is 3.19. The number of nitrogens with two attached hydrogens (primary N) is 1. The molecule has 0 aliphatic carbocycles. The normalized spacial score (nSPS) is 15.1. The van der Waals surface area contributed by atoms with Crippen molar-refractivity contribution in [3.63, 3.8) is 0 Å². The zero-order chi connectivity index (χ0) is 15.5.